The quantitative estimate of drug-likeness (QED) is 0.315. The van der Waals surface area contributed by atoms with Crippen molar-refractivity contribution in [3.63, 3.8) is 0 Å². The first-order chi connectivity index (χ1) is 16.0. The lowest BCUT2D eigenvalue weighted by molar-refractivity contribution is -0.116. The average molecular weight is 475 g/mol. The monoisotopic (exact) mass is 474 g/mol. The Morgan fingerprint density at radius 1 is 0.576 bits per heavy atom. The molecule has 0 aromatic heterocycles. The van der Waals surface area contributed by atoms with Gasteiger partial charge in [0.25, 0.3) is 5.91 Å². The van der Waals surface area contributed by atoms with Crippen LogP contribution in [-0.2, 0) is 4.79 Å². The zero-order valence-electron chi connectivity index (χ0n) is 17.5. The lowest BCUT2D eigenvalue weighted by atomic mass is 9.90. The van der Waals surface area contributed by atoms with Gasteiger partial charge in [-0.15, -0.1) is 0 Å². The molecule has 0 saturated heterocycles. The number of carbonyl (C=O) groups is 2. The summed E-state index contributed by atoms with van der Waals surface area (Å²) in [6, 6.07) is 30.4. The van der Waals surface area contributed by atoms with Crippen molar-refractivity contribution in [3.8, 4) is 0 Å². The van der Waals surface area contributed by atoms with Crippen LogP contribution in [0.5, 0.6) is 0 Å². The highest BCUT2D eigenvalue weighted by atomic mass is 35.5. The van der Waals surface area contributed by atoms with Gasteiger partial charge in [0.2, 0.25) is 5.91 Å². The number of benzene rings is 4. The molecule has 0 aliphatic rings. The minimum atomic E-state index is -0.544. The van der Waals surface area contributed by atoms with E-state index in [1.165, 1.54) is 0 Å². The molecule has 0 heterocycles. The highest BCUT2D eigenvalue weighted by molar-refractivity contribution is 6.30. The summed E-state index contributed by atoms with van der Waals surface area (Å²) in [6.45, 7) is 0. The zero-order chi connectivity index (χ0) is 23.2. The Morgan fingerprint density at radius 3 is 1.52 bits per heavy atom. The van der Waals surface area contributed by atoms with Gasteiger partial charge in [0.05, 0.1) is 5.92 Å². The van der Waals surface area contributed by atoms with Crippen molar-refractivity contribution in [2.75, 3.05) is 10.6 Å². The maximum Gasteiger partial charge on any atom is 0.255 e. The fraction of sp³-hybridized carbons (Fsp3) is 0.0370. The van der Waals surface area contributed by atoms with Crippen molar-refractivity contribution in [2.45, 2.75) is 5.92 Å². The van der Waals surface area contributed by atoms with Crippen LogP contribution in [0.2, 0.25) is 10.0 Å². The first-order valence-corrected chi connectivity index (χ1v) is 11.0. The largest absolute Gasteiger partial charge is 0.325 e. The summed E-state index contributed by atoms with van der Waals surface area (Å²) in [6.07, 6.45) is 0. The van der Waals surface area contributed by atoms with Gasteiger partial charge in [-0.25, -0.2) is 0 Å². The lowest BCUT2D eigenvalue weighted by Gasteiger charge is -2.18. The SMILES string of the molecule is O=C(Nc1ccc(NC(=O)C(c2ccc(Cl)cc2)c2ccc(Cl)cc2)cc1)c1ccccc1. The van der Waals surface area contributed by atoms with Crippen molar-refractivity contribution in [1.29, 1.82) is 0 Å². The molecule has 4 rings (SSSR count). The van der Waals surface area contributed by atoms with Crippen LogP contribution in [-0.4, -0.2) is 11.8 Å². The van der Waals surface area contributed by atoms with Crippen molar-refractivity contribution in [3.05, 3.63) is 130 Å². The van der Waals surface area contributed by atoms with Crippen molar-refractivity contribution < 1.29 is 9.59 Å². The molecule has 0 saturated carbocycles. The van der Waals surface area contributed by atoms with Crippen molar-refractivity contribution in [2.24, 2.45) is 0 Å². The molecule has 0 unspecified atom stereocenters. The maximum atomic E-state index is 13.3. The van der Waals surface area contributed by atoms with Gasteiger partial charge in [0, 0.05) is 27.0 Å². The van der Waals surface area contributed by atoms with E-state index in [0.29, 0.717) is 27.0 Å². The number of anilines is 2. The van der Waals surface area contributed by atoms with E-state index >= 15 is 0 Å². The van der Waals surface area contributed by atoms with Gasteiger partial charge in [0.1, 0.15) is 0 Å². The third kappa shape index (κ3) is 5.80. The maximum absolute atomic E-state index is 13.3. The molecule has 0 bridgehead atoms. The molecule has 6 heteroatoms. The minimum Gasteiger partial charge on any atom is -0.325 e. The topological polar surface area (TPSA) is 58.2 Å². The van der Waals surface area contributed by atoms with Gasteiger partial charge in [-0.3, -0.25) is 9.59 Å². The highest BCUT2D eigenvalue weighted by Crippen LogP contribution is 2.29. The molecule has 164 valence electrons. The molecule has 0 aliphatic heterocycles. The molecule has 0 atom stereocenters. The molecular formula is C27H20Cl2N2O2. The predicted molar refractivity (Wildman–Crippen MR) is 134 cm³/mol. The molecule has 2 amide bonds. The molecule has 0 spiro atoms. The molecule has 0 aliphatic carbocycles. The molecule has 2 N–H and O–H groups in total. The second-order valence-corrected chi connectivity index (χ2v) is 8.30. The summed E-state index contributed by atoms with van der Waals surface area (Å²) in [5.41, 5.74) is 3.44. The van der Waals surface area contributed by atoms with Crippen molar-refractivity contribution >= 4 is 46.4 Å². The summed E-state index contributed by atoms with van der Waals surface area (Å²) >= 11 is 12.1. The van der Waals surface area contributed by atoms with E-state index < -0.39 is 5.92 Å². The third-order valence-electron chi connectivity index (χ3n) is 5.12. The van der Waals surface area contributed by atoms with E-state index in [9.17, 15) is 9.59 Å². The standard InChI is InChI=1S/C27H20Cl2N2O2/c28-21-10-6-18(7-11-21)25(19-8-12-22(29)13-9-19)27(33)31-24-16-14-23(15-17-24)30-26(32)20-4-2-1-3-5-20/h1-17,25H,(H,30,32)(H,31,33). The number of hydrogen-bond donors (Lipinski definition) is 2. The van der Waals surface area contributed by atoms with E-state index in [4.69, 9.17) is 23.2 Å². The summed E-state index contributed by atoms with van der Waals surface area (Å²) in [5, 5.41) is 7.01. The van der Waals surface area contributed by atoms with Gasteiger partial charge < -0.3 is 10.6 Å². The zero-order valence-corrected chi connectivity index (χ0v) is 19.0. The van der Waals surface area contributed by atoms with Crippen LogP contribution in [0.1, 0.15) is 27.4 Å². The Hall–Kier alpha value is -3.60. The molecule has 4 aromatic carbocycles. The van der Waals surface area contributed by atoms with E-state index in [-0.39, 0.29) is 11.8 Å². The summed E-state index contributed by atoms with van der Waals surface area (Å²) in [4.78, 5) is 25.6. The normalized spacial score (nSPS) is 10.6. The summed E-state index contributed by atoms with van der Waals surface area (Å²) in [5.74, 6) is -0.935. The van der Waals surface area contributed by atoms with Crippen LogP contribution in [0.15, 0.2) is 103 Å². The van der Waals surface area contributed by atoms with E-state index in [1.54, 1.807) is 60.7 Å². The third-order valence-corrected chi connectivity index (χ3v) is 5.62. The second-order valence-electron chi connectivity index (χ2n) is 7.42. The van der Waals surface area contributed by atoms with E-state index in [0.717, 1.165) is 11.1 Å². The fourth-order valence-electron chi connectivity index (χ4n) is 3.45. The van der Waals surface area contributed by atoms with Crippen LogP contribution in [0.25, 0.3) is 0 Å². The number of amides is 2. The molecule has 0 fully saturated rings. The Bertz CT molecular complexity index is 1190. The van der Waals surface area contributed by atoms with Crippen LogP contribution in [0, 0.1) is 0 Å². The smallest absolute Gasteiger partial charge is 0.255 e. The number of halogens is 2. The lowest BCUT2D eigenvalue weighted by Crippen LogP contribution is -2.22. The Kier molecular flexibility index (Phi) is 7.08. The number of nitrogens with one attached hydrogen (secondary N) is 2. The second kappa shape index (κ2) is 10.3. The Balaban J connectivity index is 1.51. The Labute approximate surface area is 202 Å². The summed E-state index contributed by atoms with van der Waals surface area (Å²) in [7, 11) is 0. The summed E-state index contributed by atoms with van der Waals surface area (Å²) < 4.78 is 0. The van der Waals surface area contributed by atoms with Crippen LogP contribution in [0.4, 0.5) is 11.4 Å². The first-order valence-electron chi connectivity index (χ1n) is 10.3. The highest BCUT2D eigenvalue weighted by Gasteiger charge is 2.23. The molecule has 4 aromatic rings. The van der Waals surface area contributed by atoms with Crippen molar-refractivity contribution in [1.82, 2.24) is 0 Å². The van der Waals surface area contributed by atoms with Crippen LogP contribution < -0.4 is 10.6 Å². The average Bonchev–Trinajstić information content (AvgIpc) is 2.83. The minimum absolute atomic E-state index is 0.194. The predicted octanol–water partition coefficient (Wildman–Crippen LogP) is 7.02. The molecular weight excluding hydrogens is 455 g/mol. The van der Waals surface area contributed by atoms with Gasteiger partial charge in [0.15, 0.2) is 0 Å². The van der Waals surface area contributed by atoms with Crippen LogP contribution in [0.3, 0.4) is 0 Å². The number of rotatable bonds is 6. The van der Waals surface area contributed by atoms with Gasteiger partial charge >= 0.3 is 0 Å². The molecule has 0 radical (unpaired) electrons. The van der Waals surface area contributed by atoms with Gasteiger partial charge in [-0.2, -0.15) is 0 Å². The van der Waals surface area contributed by atoms with Gasteiger partial charge in [-0.05, 0) is 71.8 Å². The van der Waals surface area contributed by atoms with E-state index in [2.05, 4.69) is 10.6 Å². The Morgan fingerprint density at radius 2 is 1.03 bits per heavy atom. The van der Waals surface area contributed by atoms with Crippen LogP contribution >= 0.6 is 23.2 Å². The number of carbonyl (C=O) groups excluding carboxylic acids is 2. The molecule has 4 nitrogen and oxygen atoms in total. The van der Waals surface area contributed by atoms with E-state index in [1.807, 2.05) is 42.5 Å². The first kappa shape index (κ1) is 22.6. The molecule has 33 heavy (non-hydrogen) atoms. The fourth-order valence-corrected chi connectivity index (χ4v) is 3.70. The number of hydrogen-bond acceptors (Lipinski definition) is 2. The van der Waals surface area contributed by atoms with Gasteiger partial charge in [-0.1, -0.05) is 65.7 Å².